The molecule has 0 spiro atoms. The number of anilines is 1. The molecule has 0 amide bonds. The average molecular weight is 222 g/mol. The molecule has 84 valence electrons. The molecule has 0 aliphatic heterocycles. The molecule has 2 aromatic heterocycles. The van der Waals surface area contributed by atoms with Gasteiger partial charge in [-0.25, -0.2) is 4.98 Å². The third-order valence-corrected chi connectivity index (χ3v) is 1.93. The van der Waals surface area contributed by atoms with Gasteiger partial charge in [0.05, 0.1) is 5.69 Å². The number of aliphatic carboxylic acids is 1. The van der Waals surface area contributed by atoms with E-state index in [0.717, 1.165) is 0 Å². The van der Waals surface area contributed by atoms with Gasteiger partial charge in [-0.3, -0.25) is 4.79 Å². The van der Waals surface area contributed by atoms with Crippen molar-refractivity contribution in [2.45, 2.75) is 13.8 Å². The van der Waals surface area contributed by atoms with Crippen LogP contribution in [0.4, 0.5) is 5.95 Å². The van der Waals surface area contributed by atoms with Crippen molar-refractivity contribution in [2.24, 2.45) is 0 Å². The molecule has 7 heteroatoms. The Morgan fingerprint density at radius 3 is 2.81 bits per heavy atom. The highest BCUT2D eigenvalue weighted by molar-refractivity contribution is 5.74. The molecule has 0 saturated carbocycles. The number of rotatable bonds is 3. The fraction of sp³-hybridized carbons (Fsp3) is 0.333. The summed E-state index contributed by atoms with van der Waals surface area (Å²) >= 11 is 0. The van der Waals surface area contributed by atoms with Crippen LogP contribution in [0, 0.1) is 13.8 Å². The minimum Gasteiger partial charge on any atom is -0.480 e. The molecule has 0 aliphatic carbocycles. The predicted octanol–water partition coefficient (Wildman–Crippen LogP) is 0.731. The number of hydrogen-bond acceptors (Lipinski definition) is 6. The van der Waals surface area contributed by atoms with Crippen LogP contribution in [0.1, 0.15) is 11.6 Å². The second-order valence-electron chi connectivity index (χ2n) is 3.27. The number of oxazole rings is 1. The summed E-state index contributed by atoms with van der Waals surface area (Å²) in [5, 5.41) is 11.1. The van der Waals surface area contributed by atoms with E-state index in [4.69, 9.17) is 9.52 Å². The molecular formula is C9H10N4O3. The smallest absolute Gasteiger partial charge is 0.322 e. The lowest BCUT2D eigenvalue weighted by atomic mass is 10.4. The van der Waals surface area contributed by atoms with Crippen molar-refractivity contribution in [3.05, 3.63) is 11.6 Å². The zero-order chi connectivity index (χ0) is 11.7. The molecule has 0 unspecified atom stereocenters. The molecule has 0 saturated heterocycles. The fourth-order valence-electron chi connectivity index (χ4n) is 1.30. The Labute approximate surface area is 90.5 Å². The van der Waals surface area contributed by atoms with Crippen molar-refractivity contribution in [3.63, 3.8) is 0 Å². The van der Waals surface area contributed by atoms with Gasteiger partial charge in [-0.2, -0.15) is 9.97 Å². The van der Waals surface area contributed by atoms with E-state index in [2.05, 4.69) is 20.3 Å². The lowest BCUT2D eigenvalue weighted by molar-refractivity contribution is -0.134. The van der Waals surface area contributed by atoms with Gasteiger partial charge in [0.1, 0.15) is 6.54 Å². The number of aromatic nitrogens is 3. The molecule has 2 N–H and O–H groups in total. The molecule has 0 atom stereocenters. The first kappa shape index (κ1) is 10.3. The van der Waals surface area contributed by atoms with Crippen LogP contribution in [-0.4, -0.2) is 32.6 Å². The number of hydrogen-bond donors (Lipinski definition) is 2. The van der Waals surface area contributed by atoms with Gasteiger partial charge in [-0.1, -0.05) is 0 Å². The molecular weight excluding hydrogens is 212 g/mol. The van der Waals surface area contributed by atoms with Crippen LogP contribution in [-0.2, 0) is 4.79 Å². The van der Waals surface area contributed by atoms with Gasteiger partial charge in [-0.05, 0) is 6.92 Å². The van der Waals surface area contributed by atoms with Crippen LogP contribution in [0.5, 0.6) is 0 Å². The average Bonchev–Trinajstić information content (AvgIpc) is 2.56. The molecule has 0 bridgehead atoms. The molecule has 7 nitrogen and oxygen atoms in total. The summed E-state index contributed by atoms with van der Waals surface area (Å²) in [6, 6.07) is 0. The highest BCUT2D eigenvalue weighted by Crippen LogP contribution is 2.17. The minimum atomic E-state index is -0.974. The van der Waals surface area contributed by atoms with Gasteiger partial charge in [0.25, 0.3) is 0 Å². The van der Waals surface area contributed by atoms with Gasteiger partial charge < -0.3 is 14.8 Å². The van der Waals surface area contributed by atoms with Crippen molar-refractivity contribution in [2.75, 3.05) is 11.9 Å². The monoisotopic (exact) mass is 222 g/mol. The normalized spacial score (nSPS) is 10.6. The van der Waals surface area contributed by atoms with Crippen LogP contribution < -0.4 is 5.32 Å². The molecule has 0 fully saturated rings. The number of fused-ring (bicyclic) bond motifs is 1. The molecule has 0 aliphatic rings. The van der Waals surface area contributed by atoms with Crippen LogP contribution in [0.3, 0.4) is 0 Å². The first-order valence-electron chi connectivity index (χ1n) is 4.63. The van der Waals surface area contributed by atoms with E-state index in [1.165, 1.54) is 0 Å². The Hall–Kier alpha value is -2.18. The Bertz CT molecular complexity index is 549. The van der Waals surface area contributed by atoms with E-state index in [-0.39, 0.29) is 12.5 Å². The van der Waals surface area contributed by atoms with Crippen LogP contribution in [0.2, 0.25) is 0 Å². The van der Waals surface area contributed by atoms with Crippen LogP contribution in [0.15, 0.2) is 4.42 Å². The number of carboxylic acids is 1. The molecule has 2 heterocycles. The van der Waals surface area contributed by atoms with Gasteiger partial charge in [0.15, 0.2) is 11.5 Å². The molecule has 2 aromatic rings. The van der Waals surface area contributed by atoms with Gasteiger partial charge in [0, 0.05) is 6.92 Å². The van der Waals surface area contributed by atoms with E-state index >= 15 is 0 Å². The van der Waals surface area contributed by atoms with Crippen molar-refractivity contribution in [1.82, 2.24) is 15.0 Å². The van der Waals surface area contributed by atoms with Crippen molar-refractivity contribution in [1.29, 1.82) is 0 Å². The standard InChI is InChI=1S/C9H10N4O3/c1-4-7-8(12-5(2)16-7)13-9(11-4)10-3-6(14)15/h3H2,1-2H3,(H,14,15)(H,10,11,13). The number of aryl methyl sites for hydroxylation is 2. The SMILES string of the molecule is Cc1nc2nc(NCC(=O)O)nc(C)c2o1. The summed E-state index contributed by atoms with van der Waals surface area (Å²) in [6.07, 6.45) is 0. The number of nitrogens with one attached hydrogen (secondary N) is 1. The van der Waals surface area contributed by atoms with Gasteiger partial charge in [0.2, 0.25) is 11.6 Å². The maximum Gasteiger partial charge on any atom is 0.322 e. The minimum absolute atomic E-state index is 0.234. The summed E-state index contributed by atoms with van der Waals surface area (Å²) in [5.74, 6) is -0.235. The Balaban J connectivity index is 2.37. The Morgan fingerprint density at radius 1 is 1.38 bits per heavy atom. The van der Waals surface area contributed by atoms with Crippen molar-refractivity contribution in [3.8, 4) is 0 Å². The van der Waals surface area contributed by atoms with Crippen molar-refractivity contribution >= 4 is 23.1 Å². The molecule has 0 radical (unpaired) electrons. The zero-order valence-electron chi connectivity index (χ0n) is 8.81. The highest BCUT2D eigenvalue weighted by atomic mass is 16.4. The zero-order valence-corrected chi connectivity index (χ0v) is 8.81. The summed E-state index contributed by atoms with van der Waals surface area (Å²) in [7, 11) is 0. The quantitative estimate of drug-likeness (QED) is 0.789. The summed E-state index contributed by atoms with van der Waals surface area (Å²) in [5.41, 5.74) is 1.58. The van der Waals surface area contributed by atoms with E-state index in [0.29, 0.717) is 22.8 Å². The molecule has 16 heavy (non-hydrogen) atoms. The Kier molecular flexibility index (Phi) is 2.43. The van der Waals surface area contributed by atoms with E-state index < -0.39 is 5.97 Å². The van der Waals surface area contributed by atoms with Crippen LogP contribution >= 0.6 is 0 Å². The maximum atomic E-state index is 10.4. The fourth-order valence-corrected chi connectivity index (χ4v) is 1.30. The lowest BCUT2D eigenvalue weighted by Crippen LogP contribution is -2.14. The number of carboxylic acid groups (broad SMARTS) is 1. The third-order valence-electron chi connectivity index (χ3n) is 1.93. The second kappa shape index (κ2) is 3.76. The molecule has 0 aromatic carbocycles. The van der Waals surface area contributed by atoms with Gasteiger partial charge in [-0.15, -0.1) is 0 Å². The third kappa shape index (κ3) is 1.92. The molecule has 2 rings (SSSR count). The second-order valence-corrected chi connectivity index (χ2v) is 3.27. The van der Waals surface area contributed by atoms with E-state index in [9.17, 15) is 4.79 Å². The summed E-state index contributed by atoms with van der Waals surface area (Å²) in [4.78, 5) is 22.5. The largest absolute Gasteiger partial charge is 0.480 e. The van der Waals surface area contributed by atoms with Gasteiger partial charge >= 0.3 is 5.97 Å². The van der Waals surface area contributed by atoms with Crippen molar-refractivity contribution < 1.29 is 14.3 Å². The maximum absolute atomic E-state index is 10.4. The van der Waals surface area contributed by atoms with E-state index in [1.54, 1.807) is 13.8 Å². The van der Waals surface area contributed by atoms with Crippen LogP contribution in [0.25, 0.3) is 11.2 Å². The first-order valence-corrected chi connectivity index (χ1v) is 4.63. The summed E-state index contributed by atoms with van der Waals surface area (Å²) in [6.45, 7) is 3.23. The summed E-state index contributed by atoms with van der Waals surface area (Å²) < 4.78 is 5.30. The highest BCUT2D eigenvalue weighted by Gasteiger charge is 2.10. The van der Waals surface area contributed by atoms with E-state index in [1.807, 2.05) is 0 Å². The first-order chi connectivity index (χ1) is 7.56. The Morgan fingerprint density at radius 2 is 2.12 bits per heavy atom. The number of carbonyl (C=O) groups is 1. The topological polar surface area (TPSA) is 101 Å². The number of nitrogens with zero attached hydrogens (tertiary/aromatic N) is 3. The lowest BCUT2D eigenvalue weighted by Gasteiger charge is -2.01. The predicted molar refractivity (Wildman–Crippen MR) is 55.2 cm³/mol.